The Morgan fingerprint density at radius 3 is 2.30 bits per heavy atom. The Kier molecular flexibility index (Phi) is 9.88. The van der Waals surface area contributed by atoms with Crippen molar-refractivity contribution >= 4 is 17.8 Å². The topological polar surface area (TPSA) is 101 Å². The Balaban J connectivity index is 1.38. The lowest BCUT2D eigenvalue weighted by atomic mass is 10.0. The molecular weight excluding hydrogens is 472 g/mol. The maximum absolute atomic E-state index is 12.7. The number of alkyl carbamates (subject to hydrolysis) is 1. The summed E-state index contributed by atoms with van der Waals surface area (Å²) >= 11 is 0. The van der Waals surface area contributed by atoms with E-state index in [1.807, 2.05) is 43.9 Å². The van der Waals surface area contributed by atoms with Gasteiger partial charge < -0.3 is 35.1 Å². The fraction of sp³-hybridized carbons (Fsp3) is 0.500. The molecule has 1 saturated heterocycles. The fourth-order valence-electron chi connectivity index (χ4n) is 4.23. The number of anilines is 1. The van der Waals surface area contributed by atoms with Crippen LogP contribution in [0.3, 0.4) is 0 Å². The van der Waals surface area contributed by atoms with Gasteiger partial charge in [-0.2, -0.15) is 0 Å². The smallest absolute Gasteiger partial charge is 0.407 e. The molecule has 0 aliphatic carbocycles. The Hall–Kier alpha value is -3.62. The minimum Gasteiger partial charge on any atom is -0.493 e. The van der Waals surface area contributed by atoms with Gasteiger partial charge in [-0.1, -0.05) is 24.3 Å². The first kappa shape index (κ1) is 28.0. The molecule has 2 aromatic carbocycles. The number of piperidine rings is 1. The summed E-state index contributed by atoms with van der Waals surface area (Å²) in [5, 5.41) is 9.36. The molecule has 0 radical (unpaired) electrons. The van der Waals surface area contributed by atoms with Crippen molar-refractivity contribution in [3.63, 3.8) is 0 Å². The molecule has 9 heteroatoms. The normalized spacial score (nSPS) is 14.0. The van der Waals surface area contributed by atoms with E-state index in [1.54, 1.807) is 14.2 Å². The van der Waals surface area contributed by atoms with E-state index in [9.17, 15) is 9.59 Å². The molecule has 2 aromatic rings. The van der Waals surface area contributed by atoms with Gasteiger partial charge in [-0.3, -0.25) is 0 Å². The number of nitrogens with zero attached hydrogens (tertiary/aromatic N) is 1. The number of urea groups is 1. The molecule has 0 spiro atoms. The first-order valence-corrected chi connectivity index (χ1v) is 12.7. The second-order valence-corrected chi connectivity index (χ2v) is 10.1. The van der Waals surface area contributed by atoms with Crippen LogP contribution in [0.2, 0.25) is 0 Å². The quantitative estimate of drug-likeness (QED) is 0.456. The fourth-order valence-corrected chi connectivity index (χ4v) is 4.23. The number of ether oxygens (including phenoxy) is 3. The van der Waals surface area contributed by atoms with Gasteiger partial charge in [0.05, 0.1) is 14.2 Å². The highest BCUT2D eigenvalue weighted by molar-refractivity contribution is 5.74. The number of para-hydroxylation sites is 1. The molecule has 37 heavy (non-hydrogen) atoms. The summed E-state index contributed by atoms with van der Waals surface area (Å²) < 4.78 is 16.0. The predicted octanol–water partition coefficient (Wildman–Crippen LogP) is 4.56. The zero-order valence-electron chi connectivity index (χ0n) is 22.6. The number of methoxy groups -OCH3 is 2. The highest BCUT2D eigenvalue weighted by atomic mass is 16.6. The maximum atomic E-state index is 12.7. The van der Waals surface area contributed by atoms with Crippen LogP contribution < -0.4 is 25.4 Å². The number of carbonyl (C=O) groups excluding carboxylic acids is 2. The Morgan fingerprint density at radius 1 is 0.973 bits per heavy atom. The molecule has 0 bridgehead atoms. The zero-order chi connectivity index (χ0) is 26.8. The van der Waals surface area contributed by atoms with Gasteiger partial charge in [-0.15, -0.1) is 0 Å². The van der Waals surface area contributed by atoms with Crippen LogP contribution in [0.5, 0.6) is 11.5 Å². The molecule has 0 unspecified atom stereocenters. The van der Waals surface area contributed by atoms with Crippen molar-refractivity contribution < 1.29 is 23.8 Å². The molecule has 9 nitrogen and oxygen atoms in total. The number of benzene rings is 2. The molecule has 0 atom stereocenters. The molecule has 1 fully saturated rings. The second-order valence-electron chi connectivity index (χ2n) is 10.1. The summed E-state index contributed by atoms with van der Waals surface area (Å²) in [6, 6.07) is 14.1. The van der Waals surface area contributed by atoms with Crippen molar-refractivity contribution in [3.05, 3.63) is 53.6 Å². The van der Waals surface area contributed by atoms with Crippen LogP contribution >= 0.6 is 0 Å². The lowest BCUT2D eigenvalue weighted by Crippen LogP contribution is -2.46. The highest BCUT2D eigenvalue weighted by Crippen LogP contribution is 2.30. The van der Waals surface area contributed by atoms with E-state index in [-0.39, 0.29) is 6.03 Å². The standard InChI is InChI=1S/C28H40N4O5/c1-28(2,3)37-27(34)29-16-13-20-9-11-22(12-10-20)31-23-14-17-32(18-15-23)26(33)30-19-21-7-6-8-24(35-4)25(21)36-5/h6-12,23,31H,13-19H2,1-5H3,(H,29,34)(H,30,33). The number of likely N-dealkylation sites (tertiary alicyclic amines) is 1. The van der Waals surface area contributed by atoms with Crippen LogP contribution in [0.4, 0.5) is 15.3 Å². The average Bonchev–Trinajstić information content (AvgIpc) is 2.87. The number of hydrogen-bond acceptors (Lipinski definition) is 6. The first-order valence-electron chi connectivity index (χ1n) is 12.7. The summed E-state index contributed by atoms with van der Waals surface area (Å²) in [7, 11) is 3.19. The summed E-state index contributed by atoms with van der Waals surface area (Å²) in [4.78, 5) is 26.3. The summed E-state index contributed by atoms with van der Waals surface area (Å²) in [6.45, 7) is 7.80. The van der Waals surface area contributed by atoms with Crippen molar-refractivity contribution in [3.8, 4) is 11.5 Å². The van der Waals surface area contributed by atoms with Crippen LogP contribution in [0.1, 0.15) is 44.7 Å². The minimum absolute atomic E-state index is 0.0762. The van der Waals surface area contributed by atoms with Gasteiger partial charge in [0.2, 0.25) is 0 Å². The monoisotopic (exact) mass is 512 g/mol. The Morgan fingerprint density at radius 2 is 1.68 bits per heavy atom. The number of nitrogens with one attached hydrogen (secondary N) is 3. The average molecular weight is 513 g/mol. The van der Waals surface area contributed by atoms with E-state index in [1.165, 1.54) is 0 Å². The zero-order valence-corrected chi connectivity index (χ0v) is 22.6. The van der Waals surface area contributed by atoms with Gasteiger partial charge in [0.1, 0.15) is 5.60 Å². The van der Waals surface area contributed by atoms with E-state index in [0.29, 0.717) is 43.7 Å². The third kappa shape index (κ3) is 8.77. The molecule has 3 N–H and O–H groups in total. The van der Waals surface area contributed by atoms with Gasteiger partial charge in [0.25, 0.3) is 0 Å². The van der Waals surface area contributed by atoms with Crippen LogP contribution in [0.15, 0.2) is 42.5 Å². The lowest BCUT2D eigenvalue weighted by Gasteiger charge is -2.33. The number of hydrogen-bond donors (Lipinski definition) is 3. The SMILES string of the molecule is COc1cccc(CNC(=O)N2CCC(Nc3ccc(CCNC(=O)OC(C)(C)C)cc3)CC2)c1OC. The van der Waals surface area contributed by atoms with Crippen molar-refractivity contribution in [1.82, 2.24) is 15.5 Å². The van der Waals surface area contributed by atoms with Crippen LogP contribution in [0.25, 0.3) is 0 Å². The number of amides is 3. The lowest BCUT2D eigenvalue weighted by molar-refractivity contribution is 0.0528. The summed E-state index contributed by atoms with van der Waals surface area (Å²) in [5.41, 5.74) is 2.57. The maximum Gasteiger partial charge on any atom is 0.407 e. The molecule has 202 valence electrons. The van der Waals surface area contributed by atoms with Crippen molar-refractivity contribution in [2.45, 2.75) is 58.2 Å². The van der Waals surface area contributed by atoms with E-state index in [4.69, 9.17) is 14.2 Å². The number of carbonyl (C=O) groups is 2. The van der Waals surface area contributed by atoms with E-state index in [2.05, 4.69) is 40.2 Å². The molecule has 1 aliphatic rings. The highest BCUT2D eigenvalue weighted by Gasteiger charge is 2.23. The molecule has 0 aromatic heterocycles. The van der Waals surface area contributed by atoms with E-state index >= 15 is 0 Å². The third-order valence-corrected chi connectivity index (χ3v) is 6.10. The number of rotatable bonds is 9. The molecule has 1 heterocycles. The van der Waals surface area contributed by atoms with Crippen LogP contribution in [-0.2, 0) is 17.7 Å². The van der Waals surface area contributed by atoms with Gasteiger partial charge in [-0.05, 0) is 63.8 Å². The third-order valence-electron chi connectivity index (χ3n) is 6.10. The van der Waals surface area contributed by atoms with Gasteiger partial charge in [0, 0.05) is 43.5 Å². The summed E-state index contributed by atoms with van der Waals surface area (Å²) in [5.74, 6) is 1.28. The van der Waals surface area contributed by atoms with Gasteiger partial charge in [-0.25, -0.2) is 9.59 Å². The van der Waals surface area contributed by atoms with Crippen molar-refractivity contribution in [1.29, 1.82) is 0 Å². The Labute approximate surface area is 219 Å². The van der Waals surface area contributed by atoms with E-state index < -0.39 is 11.7 Å². The van der Waals surface area contributed by atoms with Crippen LogP contribution in [-0.4, -0.2) is 62.5 Å². The minimum atomic E-state index is -0.498. The van der Waals surface area contributed by atoms with Gasteiger partial charge in [0.15, 0.2) is 11.5 Å². The van der Waals surface area contributed by atoms with Crippen molar-refractivity contribution in [2.75, 3.05) is 39.2 Å². The Bertz CT molecular complexity index is 1030. The molecule has 1 aliphatic heterocycles. The van der Waals surface area contributed by atoms with Gasteiger partial charge >= 0.3 is 12.1 Å². The first-order chi connectivity index (χ1) is 17.7. The molecule has 3 amide bonds. The molecule has 3 rings (SSSR count). The predicted molar refractivity (Wildman–Crippen MR) is 144 cm³/mol. The van der Waals surface area contributed by atoms with Crippen molar-refractivity contribution in [2.24, 2.45) is 0 Å². The molecule has 0 saturated carbocycles. The van der Waals surface area contributed by atoms with Crippen LogP contribution in [0, 0.1) is 0 Å². The summed E-state index contributed by atoms with van der Waals surface area (Å²) in [6.07, 6.45) is 2.08. The largest absolute Gasteiger partial charge is 0.493 e. The van der Waals surface area contributed by atoms with E-state index in [0.717, 1.165) is 36.1 Å². The molecular formula is C28H40N4O5. The second kappa shape index (κ2) is 13.1.